The molecule has 0 radical (unpaired) electrons. The molecular formula is C15H19NO4. The Hall–Kier alpha value is -1.88. The minimum absolute atomic E-state index is 0.344. The van der Waals surface area contributed by atoms with Crippen molar-refractivity contribution in [1.82, 2.24) is 5.32 Å². The Morgan fingerprint density at radius 2 is 2.10 bits per heavy atom. The lowest BCUT2D eigenvalue weighted by molar-refractivity contribution is -0.139. The van der Waals surface area contributed by atoms with E-state index < -0.39 is 12.0 Å². The van der Waals surface area contributed by atoms with E-state index in [4.69, 9.17) is 9.84 Å². The summed E-state index contributed by atoms with van der Waals surface area (Å²) in [5.74, 6) is -1.33. The summed E-state index contributed by atoms with van der Waals surface area (Å²) in [5, 5.41) is 11.7. The number of carbonyl (C=O) groups excluding carboxylic acids is 1. The average Bonchev–Trinajstić information content (AvgIpc) is 2.90. The van der Waals surface area contributed by atoms with Gasteiger partial charge in [-0.2, -0.15) is 0 Å². The summed E-state index contributed by atoms with van der Waals surface area (Å²) >= 11 is 0. The Balaban J connectivity index is 2.04. The number of ether oxygens (including phenoxy) is 1. The van der Waals surface area contributed by atoms with E-state index >= 15 is 0 Å². The fourth-order valence-corrected chi connectivity index (χ4v) is 2.22. The van der Waals surface area contributed by atoms with Gasteiger partial charge in [-0.25, -0.2) is 4.79 Å². The molecule has 20 heavy (non-hydrogen) atoms. The Morgan fingerprint density at radius 1 is 1.35 bits per heavy atom. The topological polar surface area (TPSA) is 75.6 Å². The SMILES string of the molecule is CCCCC(NC(=O)c1ccc2c(c1)COC2)C(=O)O. The maximum absolute atomic E-state index is 12.1. The van der Waals surface area contributed by atoms with Crippen molar-refractivity contribution < 1.29 is 19.4 Å². The number of rotatable bonds is 6. The van der Waals surface area contributed by atoms with Crippen molar-refractivity contribution in [2.24, 2.45) is 0 Å². The molecule has 0 aromatic heterocycles. The molecule has 1 unspecified atom stereocenters. The summed E-state index contributed by atoms with van der Waals surface area (Å²) in [6.07, 6.45) is 2.12. The number of carboxylic acid groups (broad SMARTS) is 1. The third-order valence-corrected chi connectivity index (χ3v) is 3.43. The van der Waals surface area contributed by atoms with Gasteiger partial charge in [-0.05, 0) is 29.7 Å². The molecule has 108 valence electrons. The van der Waals surface area contributed by atoms with Crippen molar-refractivity contribution in [3.63, 3.8) is 0 Å². The molecule has 0 saturated heterocycles. The number of carbonyl (C=O) groups is 2. The number of aliphatic carboxylic acids is 1. The highest BCUT2D eigenvalue weighted by atomic mass is 16.5. The van der Waals surface area contributed by atoms with Gasteiger partial charge < -0.3 is 15.2 Å². The highest BCUT2D eigenvalue weighted by Crippen LogP contribution is 2.20. The minimum atomic E-state index is -0.990. The molecule has 2 N–H and O–H groups in total. The number of unbranched alkanes of at least 4 members (excludes halogenated alkanes) is 1. The average molecular weight is 277 g/mol. The molecule has 1 aromatic rings. The van der Waals surface area contributed by atoms with Gasteiger partial charge in [0.2, 0.25) is 0 Å². The van der Waals surface area contributed by atoms with Crippen LogP contribution in [0.25, 0.3) is 0 Å². The molecule has 1 atom stereocenters. The maximum atomic E-state index is 12.1. The molecule has 1 aliphatic rings. The van der Waals surface area contributed by atoms with Crippen LogP contribution in [0.15, 0.2) is 18.2 Å². The Morgan fingerprint density at radius 3 is 2.80 bits per heavy atom. The van der Waals surface area contributed by atoms with Crippen LogP contribution in [-0.4, -0.2) is 23.0 Å². The van der Waals surface area contributed by atoms with Gasteiger partial charge in [0.05, 0.1) is 13.2 Å². The molecular weight excluding hydrogens is 258 g/mol. The first-order valence-electron chi connectivity index (χ1n) is 6.85. The van der Waals surface area contributed by atoms with E-state index in [-0.39, 0.29) is 5.91 Å². The molecule has 0 bridgehead atoms. The molecule has 1 aliphatic heterocycles. The molecule has 1 heterocycles. The van der Waals surface area contributed by atoms with Crippen molar-refractivity contribution in [3.05, 3.63) is 34.9 Å². The lowest BCUT2D eigenvalue weighted by Crippen LogP contribution is -2.40. The lowest BCUT2D eigenvalue weighted by atomic mass is 10.0. The second-order valence-corrected chi connectivity index (χ2v) is 4.98. The van der Waals surface area contributed by atoms with Crippen LogP contribution < -0.4 is 5.32 Å². The molecule has 5 nitrogen and oxygen atoms in total. The van der Waals surface area contributed by atoms with E-state index in [2.05, 4.69) is 5.32 Å². The van der Waals surface area contributed by atoms with Crippen LogP contribution in [0.3, 0.4) is 0 Å². The molecule has 0 aliphatic carbocycles. The monoisotopic (exact) mass is 277 g/mol. The van der Waals surface area contributed by atoms with Crippen molar-refractivity contribution in [2.45, 2.75) is 45.4 Å². The van der Waals surface area contributed by atoms with Crippen molar-refractivity contribution in [1.29, 1.82) is 0 Å². The van der Waals surface area contributed by atoms with E-state index in [0.717, 1.165) is 24.0 Å². The van der Waals surface area contributed by atoms with Crippen LogP contribution in [0.1, 0.15) is 47.7 Å². The highest BCUT2D eigenvalue weighted by Gasteiger charge is 2.21. The lowest BCUT2D eigenvalue weighted by Gasteiger charge is -2.14. The molecule has 1 aromatic carbocycles. The third-order valence-electron chi connectivity index (χ3n) is 3.43. The summed E-state index contributed by atoms with van der Waals surface area (Å²) in [5.41, 5.74) is 2.57. The van der Waals surface area contributed by atoms with Gasteiger partial charge >= 0.3 is 5.97 Å². The first-order chi connectivity index (χ1) is 9.61. The predicted molar refractivity (Wildman–Crippen MR) is 73.4 cm³/mol. The predicted octanol–water partition coefficient (Wildman–Crippen LogP) is 2.09. The van der Waals surface area contributed by atoms with Crippen molar-refractivity contribution >= 4 is 11.9 Å². The zero-order valence-electron chi connectivity index (χ0n) is 11.5. The van der Waals surface area contributed by atoms with E-state index in [0.29, 0.717) is 25.2 Å². The van der Waals surface area contributed by atoms with Crippen LogP contribution in [0.4, 0.5) is 0 Å². The summed E-state index contributed by atoms with van der Waals surface area (Å²) < 4.78 is 5.30. The minimum Gasteiger partial charge on any atom is -0.480 e. The molecule has 0 fully saturated rings. The normalized spacial score (nSPS) is 14.7. The Kier molecular flexibility index (Phi) is 4.74. The molecule has 1 amide bonds. The van der Waals surface area contributed by atoms with Gasteiger partial charge in [-0.1, -0.05) is 25.8 Å². The molecule has 5 heteroatoms. The van der Waals surface area contributed by atoms with Crippen LogP contribution in [0.2, 0.25) is 0 Å². The number of fused-ring (bicyclic) bond motifs is 1. The summed E-state index contributed by atoms with van der Waals surface area (Å²) in [7, 11) is 0. The van der Waals surface area contributed by atoms with Crippen molar-refractivity contribution in [2.75, 3.05) is 0 Å². The number of benzene rings is 1. The summed E-state index contributed by atoms with van der Waals surface area (Å²) in [6.45, 7) is 3.07. The summed E-state index contributed by atoms with van der Waals surface area (Å²) in [6, 6.07) is 4.52. The fraction of sp³-hybridized carbons (Fsp3) is 0.467. The van der Waals surface area contributed by atoms with Crippen LogP contribution in [-0.2, 0) is 22.7 Å². The maximum Gasteiger partial charge on any atom is 0.326 e. The molecule has 0 saturated carbocycles. The Bertz CT molecular complexity index is 513. The second kappa shape index (κ2) is 6.52. The number of amides is 1. The van der Waals surface area contributed by atoms with Gasteiger partial charge in [0.25, 0.3) is 5.91 Å². The van der Waals surface area contributed by atoms with Gasteiger partial charge in [-0.3, -0.25) is 4.79 Å². The van der Waals surface area contributed by atoms with Gasteiger partial charge in [0.15, 0.2) is 0 Å². The number of carboxylic acids is 1. The van der Waals surface area contributed by atoms with Gasteiger partial charge in [0.1, 0.15) is 6.04 Å². The zero-order chi connectivity index (χ0) is 14.5. The first-order valence-corrected chi connectivity index (χ1v) is 6.85. The fourth-order valence-electron chi connectivity index (χ4n) is 2.22. The van der Waals surface area contributed by atoms with Crippen LogP contribution in [0, 0.1) is 0 Å². The second-order valence-electron chi connectivity index (χ2n) is 4.98. The van der Waals surface area contributed by atoms with Crippen molar-refractivity contribution in [3.8, 4) is 0 Å². The zero-order valence-corrected chi connectivity index (χ0v) is 11.5. The first kappa shape index (κ1) is 14.5. The molecule has 0 spiro atoms. The largest absolute Gasteiger partial charge is 0.480 e. The van der Waals surface area contributed by atoms with E-state index in [9.17, 15) is 9.59 Å². The van der Waals surface area contributed by atoms with E-state index in [1.54, 1.807) is 12.1 Å². The van der Waals surface area contributed by atoms with Crippen LogP contribution >= 0.6 is 0 Å². The number of hydrogen-bond acceptors (Lipinski definition) is 3. The van der Waals surface area contributed by atoms with Gasteiger partial charge in [0, 0.05) is 5.56 Å². The van der Waals surface area contributed by atoms with Crippen LogP contribution in [0.5, 0.6) is 0 Å². The quantitative estimate of drug-likeness (QED) is 0.835. The number of nitrogens with one attached hydrogen (secondary N) is 1. The highest BCUT2D eigenvalue weighted by molar-refractivity contribution is 5.96. The third kappa shape index (κ3) is 3.36. The standard InChI is InChI=1S/C15H19NO4/c1-2-3-4-13(15(18)19)16-14(17)10-5-6-11-8-20-9-12(11)7-10/h5-7,13H,2-4,8-9H2,1H3,(H,16,17)(H,18,19). The number of hydrogen-bond donors (Lipinski definition) is 2. The smallest absolute Gasteiger partial charge is 0.326 e. The van der Waals surface area contributed by atoms with E-state index in [1.165, 1.54) is 0 Å². The van der Waals surface area contributed by atoms with Gasteiger partial charge in [-0.15, -0.1) is 0 Å². The summed E-state index contributed by atoms with van der Waals surface area (Å²) in [4.78, 5) is 23.2. The Labute approximate surface area is 117 Å². The van der Waals surface area contributed by atoms with E-state index in [1.807, 2.05) is 13.0 Å². The molecule has 2 rings (SSSR count).